The van der Waals surface area contributed by atoms with Crippen molar-refractivity contribution in [2.75, 3.05) is 6.61 Å². The largest absolute Gasteiger partial charge is 0.396 e. The Bertz CT molecular complexity index is 365. The number of benzene rings is 1. The van der Waals surface area contributed by atoms with Gasteiger partial charge in [-0.3, -0.25) is 0 Å². The minimum atomic E-state index is -0.287. The van der Waals surface area contributed by atoms with Gasteiger partial charge in [0.2, 0.25) is 0 Å². The summed E-state index contributed by atoms with van der Waals surface area (Å²) in [5.74, 6) is 0. The molecule has 98 valence electrons. The lowest BCUT2D eigenvalue weighted by Gasteiger charge is -2.32. The molecule has 0 saturated heterocycles. The molecule has 0 saturated carbocycles. The Hall–Kier alpha value is -0.570. The van der Waals surface area contributed by atoms with Crippen LogP contribution >= 0.6 is 12.4 Å². The molecular weight excluding hydrogens is 234 g/mol. The van der Waals surface area contributed by atoms with Gasteiger partial charge in [0.25, 0.3) is 0 Å². The van der Waals surface area contributed by atoms with Crippen LogP contribution in [0.4, 0.5) is 0 Å². The van der Waals surface area contributed by atoms with Gasteiger partial charge < -0.3 is 10.8 Å². The van der Waals surface area contributed by atoms with Crippen LogP contribution in [0.3, 0.4) is 0 Å². The smallest absolute Gasteiger partial charge is 0.0500 e. The molecule has 1 aromatic rings. The molecule has 3 N–H and O–H groups in total. The summed E-state index contributed by atoms with van der Waals surface area (Å²) in [6, 6.07) is 4.17. The molecule has 0 amide bonds. The molecule has 0 aliphatic rings. The summed E-state index contributed by atoms with van der Waals surface area (Å²) in [4.78, 5) is 0. The zero-order chi connectivity index (χ0) is 12.5. The predicted octanol–water partition coefficient (Wildman–Crippen LogP) is 3.05. The van der Waals surface area contributed by atoms with Crippen LogP contribution in [-0.4, -0.2) is 11.7 Å². The van der Waals surface area contributed by atoms with Crippen LogP contribution in [-0.2, 0) is 0 Å². The quantitative estimate of drug-likeness (QED) is 0.874. The second-order valence-electron chi connectivity index (χ2n) is 5.44. The van der Waals surface area contributed by atoms with Crippen molar-refractivity contribution in [1.82, 2.24) is 0 Å². The first-order valence-corrected chi connectivity index (χ1v) is 5.74. The predicted molar refractivity (Wildman–Crippen MR) is 75.7 cm³/mol. The molecule has 0 aromatic heterocycles. The third-order valence-corrected chi connectivity index (χ3v) is 3.30. The Balaban J connectivity index is 0.00000256. The monoisotopic (exact) mass is 257 g/mol. The molecule has 1 rings (SSSR count). The maximum atomic E-state index is 9.38. The standard InChI is InChI=1S/C14H23NO.ClH/c1-9-6-10(2)12(11(3)7-9)13(15)14(4,5)8-16;/h6-7,13,16H,8,15H2,1-5H3;1H/t13-;/m1./s1. The van der Waals surface area contributed by atoms with Gasteiger partial charge in [0.05, 0.1) is 0 Å². The number of halogens is 1. The van der Waals surface area contributed by atoms with Gasteiger partial charge in [-0.2, -0.15) is 0 Å². The van der Waals surface area contributed by atoms with Gasteiger partial charge in [-0.15, -0.1) is 12.4 Å². The zero-order valence-corrected chi connectivity index (χ0v) is 12.2. The highest BCUT2D eigenvalue weighted by Gasteiger charge is 2.29. The van der Waals surface area contributed by atoms with E-state index in [2.05, 4.69) is 32.9 Å². The van der Waals surface area contributed by atoms with Crippen molar-refractivity contribution in [2.45, 2.75) is 40.7 Å². The van der Waals surface area contributed by atoms with Gasteiger partial charge in [0, 0.05) is 18.1 Å². The van der Waals surface area contributed by atoms with Crippen molar-refractivity contribution in [3.05, 3.63) is 34.4 Å². The van der Waals surface area contributed by atoms with Crippen molar-refractivity contribution >= 4 is 12.4 Å². The van der Waals surface area contributed by atoms with Crippen LogP contribution in [0.15, 0.2) is 12.1 Å². The Morgan fingerprint density at radius 1 is 1.18 bits per heavy atom. The van der Waals surface area contributed by atoms with Crippen LogP contribution in [0.5, 0.6) is 0 Å². The van der Waals surface area contributed by atoms with Crippen LogP contribution in [0.2, 0.25) is 0 Å². The molecule has 0 bridgehead atoms. The fourth-order valence-corrected chi connectivity index (χ4v) is 2.17. The summed E-state index contributed by atoms with van der Waals surface area (Å²) in [7, 11) is 0. The lowest BCUT2D eigenvalue weighted by Crippen LogP contribution is -2.33. The van der Waals surface area contributed by atoms with E-state index < -0.39 is 0 Å². The Kier molecular flexibility index (Phi) is 5.66. The minimum Gasteiger partial charge on any atom is -0.396 e. The normalized spacial score (nSPS) is 13.1. The van der Waals surface area contributed by atoms with Crippen LogP contribution < -0.4 is 5.73 Å². The highest BCUT2D eigenvalue weighted by Crippen LogP contribution is 2.34. The number of rotatable bonds is 3. The van der Waals surface area contributed by atoms with Crippen molar-refractivity contribution in [1.29, 1.82) is 0 Å². The molecular formula is C14H24ClNO. The fraction of sp³-hybridized carbons (Fsp3) is 0.571. The van der Waals surface area contributed by atoms with E-state index in [-0.39, 0.29) is 30.5 Å². The number of aliphatic hydroxyl groups excluding tert-OH is 1. The van der Waals surface area contributed by atoms with Gasteiger partial charge in [-0.25, -0.2) is 0 Å². The minimum absolute atomic E-state index is 0. The molecule has 0 aliphatic heterocycles. The highest BCUT2D eigenvalue weighted by atomic mass is 35.5. The molecule has 2 nitrogen and oxygen atoms in total. The van der Waals surface area contributed by atoms with Crippen molar-refractivity contribution < 1.29 is 5.11 Å². The average molecular weight is 258 g/mol. The molecule has 1 aromatic carbocycles. The van der Waals surface area contributed by atoms with Gasteiger partial charge in [-0.05, 0) is 37.5 Å². The van der Waals surface area contributed by atoms with Gasteiger partial charge in [-0.1, -0.05) is 31.5 Å². The Morgan fingerprint density at radius 3 is 1.94 bits per heavy atom. The maximum absolute atomic E-state index is 9.38. The summed E-state index contributed by atoms with van der Waals surface area (Å²) >= 11 is 0. The summed E-state index contributed by atoms with van der Waals surface area (Å²) in [6.07, 6.45) is 0. The summed E-state index contributed by atoms with van der Waals surface area (Å²) in [5, 5.41) is 9.38. The van der Waals surface area contributed by atoms with Crippen molar-refractivity contribution in [3.8, 4) is 0 Å². The summed E-state index contributed by atoms with van der Waals surface area (Å²) in [5.41, 5.74) is 10.8. The zero-order valence-electron chi connectivity index (χ0n) is 11.4. The number of hydrogen-bond donors (Lipinski definition) is 2. The van der Waals surface area contributed by atoms with E-state index in [1.165, 1.54) is 22.3 Å². The molecule has 0 fully saturated rings. The van der Waals surface area contributed by atoms with Gasteiger partial charge in [0.1, 0.15) is 0 Å². The molecule has 1 atom stereocenters. The number of aryl methyl sites for hydroxylation is 3. The van der Waals surface area contributed by atoms with E-state index in [0.717, 1.165) is 0 Å². The topological polar surface area (TPSA) is 46.2 Å². The van der Waals surface area contributed by atoms with Crippen molar-refractivity contribution in [2.24, 2.45) is 11.1 Å². The van der Waals surface area contributed by atoms with Crippen LogP contribution in [0, 0.1) is 26.2 Å². The SMILES string of the molecule is Cc1cc(C)c([C@@H](N)C(C)(C)CO)c(C)c1.Cl. The Labute approximate surface area is 111 Å². The third-order valence-electron chi connectivity index (χ3n) is 3.30. The number of hydrogen-bond acceptors (Lipinski definition) is 2. The van der Waals surface area contributed by atoms with Gasteiger partial charge >= 0.3 is 0 Å². The highest BCUT2D eigenvalue weighted by molar-refractivity contribution is 5.85. The maximum Gasteiger partial charge on any atom is 0.0500 e. The molecule has 0 aliphatic carbocycles. The molecule has 0 heterocycles. The Morgan fingerprint density at radius 2 is 1.59 bits per heavy atom. The summed E-state index contributed by atoms with van der Waals surface area (Å²) in [6.45, 7) is 10.4. The fourth-order valence-electron chi connectivity index (χ4n) is 2.17. The molecule has 0 radical (unpaired) electrons. The molecule has 3 heteroatoms. The van der Waals surface area contributed by atoms with E-state index in [9.17, 15) is 5.11 Å². The first-order chi connectivity index (χ1) is 7.29. The van der Waals surface area contributed by atoms with Crippen LogP contribution in [0.1, 0.15) is 42.1 Å². The van der Waals surface area contributed by atoms with E-state index in [1.54, 1.807) is 0 Å². The van der Waals surface area contributed by atoms with E-state index >= 15 is 0 Å². The van der Waals surface area contributed by atoms with Gasteiger partial charge in [0.15, 0.2) is 0 Å². The van der Waals surface area contributed by atoms with Crippen LogP contribution in [0.25, 0.3) is 0 Å². The van der Waals surface area contributed by atoms with Crippen molar-refractivity contribution in [3.63, 3.8) is 0 Å². The molecule has 0 unspecified atom stereocenters. The average Bonchev–Trinajstić information content (AvgIpc) is 2.15. The molecule has 0 spiro atoms. The number of nitrogens with two attached hydrogens (primary N) is 1. The van der Waals surface area contributed by atoms with E-state index in [1.807, 2.05) is 13.8 Å². The summed E-state index contributed by atoms with van der Waals surface area (Å²) < 4.78 is 0. The number of aliphatic hydroxyl groups is 1. The molecule has 17 heavy (non-hydrogen) atoms. The second kappa shape index (κ2) is 5.85. The lowest BCUT2D eigenvalue weighted by atomic mass is 9.78. The first kappa shape index (κ1) is 16.4. The van der Waals surface area contributed by atoms with E-state index in [4.69, 9.17) is 5.73 Å². The lowest BCUT2D eigenvalue weighted by molar-refractivity contribution is 0.132. The second-order valence-corrected chi connectivity index (χ2v) is 5.44. The third kappa shape index (κ3) is 3.44. The van der Waals surface area contributed by atoms with E-state index in [0.29, 0.717) is 0 Å². The first-order valence-electron chi connectivity index (χ1n) is 5.74.